The summed E-state index contributed by atoms with van der Waals surface area (Å²) in [5.74, 6) is 1.42. The fourth-order valence-electron chi connectivity index (χ4n) is 2.03. The Morgan fingerprint density at radius 1 is 1.17 bits per heavy atom. The van der Waals surface area contributed by atoms with E-state index in [9.17, 15) is 5.11 Å². The zero-order valence-corrected chi connectivity index (χ0v) is 13.2. The second-order valence-corrected chi connectivity index (χ2v) is 5.48. The third-order valence-corrected chi connectivity index (χ3v) is 3.51. The number of aliphatic hydroxyl groups excluding tert-OH is 1. The summed E-state index contributed by atoms with van der Waals surface area (Å²) in [5, 5.41) is 18.2. The quantitative estimate of drug-likeness (QED) is 0.765. The molecule has 0 amide bonds. The van der Waals surface area contributed by atoms with Gasteiger partial charge in [0.2, 0.25) is 5.89 Å². The van der Waals surface area contributed by atoms with Crippen LogP contribution in [0.3, 0.4) is 0 Å². The minimum Gasteiger partial charge on any atom is -0.484 e. The van der Waals surface area contributed by atoms with E-state index in [0.717, 1.165) is 11.1 Å². The highest BCUT2D eigenvalue weighted by Gasteiger charge is 2.09. The van der Waals surface area contributed by atoms with Crippen LogP contribution in [-0.2, 0) is 6.61 Å². The van der Waals surface area contributed by atoms with E-state index in [-0.39, 0.29) is 6.61 Å². The van der Waals surface area contributed by atoms with Gasteiger partial charge in [-0.1, -0.05) is 23.7 Å². The number of ether oxygens (including phenoxy) is 1. The molecule has 0 spiro atoms. The molecule has 1 unspecified atom stereocenters. The predicted octanol–water partition coefficient (Wildman–Crippen LogP) is 4.02. The van der Waals surface area contributed by atoms with E-state index < -0.39 is 6.10 Å². The van der Waals surface area contributed by atoms with Crippen LogP contribution >= 0.6 is 11.6 Å². The topological polar surface area (TPSA) is 68.4 Å². The average Bonchev–Trinajstić information content (AvgIpc) is 3.03. The fraction of sp³-hybridized carbons (Fsp3) is 0.176. The standard InChI is InChI=1S/C17H15ClN2O3/c1-11(21)13-3-2-4-15(9-13)22-10-16-19-20-17(23-16)12-5-7-14(18)8-6-12/h2-9,11,21H,10H2,1H3. The SMILES string of the molecule is CC(O)c1cccc(OCc2nnc(-c3ccc(Cl)cc3)o2)c1. The van der Waals surface area contributed by atoms with E-state index in [1.54, 1.807) is 25.1 Å². The summed E-state index contributed by atoms with van der Waals surface area (Å²) < 4.78 is 11.2. The molecule has 0 radical (unpaired) electrons. The Hall–Kier alpha value is -2.37. The lowest BCUT2D eigenvalue weighted by Gasteiger charge is -2.07. The number of halogens is 1. The summed E-state index contributed by atoms with van der Waals surface area (Å²) in [7, 11) is 0. The maximum atomic E-state index is 9.58. The minimum atomic E-state index is -0.543. The maximum Gasteiger partial charge on any atom is 0.254 e. The second kappa shape index (κ2) is 6.81. The van der Waals surface area contributed by atoms with Gasteiger partial charge in [-0.15, -0.1) is 10.2 Å². The van der Waals surface area contributed by atoms with Crippen LogP contribution in [0.2, 0.25) is 5.02 Å². The highest BCUT2D eigenvalue weighted by Crippen LogP contribution is 2.22. The molecule has 1 atom stereocenters. The lowest BCUT2D eigenvalue weighted by molar-refractivity contribution is 0.198. The van der Waals surface area contributed by atoms with Crippen LogP contribution in [0.4, 0.5) is 0 Å². The van der Waals surface area contributed by atoms with E-state index in [2.05, 4.69) is 10.2 Å². The van der Waals surface area contributed by atoms with Gasteiger partial charge in [0.15, 0.2) is 6.61 Å². The Bertz CT molecular complexity index is 785. The average molecular weight is 331 g/mol. The molecule has 1 heterocycles. The zero-order valence-electron chi connectivity index (χ0n) is 12.4. The van der Waals surface area contributed by atoms with E-state index in [4.69, 9.17) is 20.8 Å². The van der Waals surface area contributed by atoms with Crippen LogP contribution in [0.1, 0.15) is 24.5 Å². The number of aromatic nitrogens is 2. The van der Waals surface area contributed by atoms with Gasteiger partial charge < -0.3 is 14.3 Å². The van der Waals surface area contributed by atoms with Crippen molar-refractivity contribution in [2.75, 3.05) is 0 Å². The van der Waals surface area contributed by atoms with Crippen molar-refractivity contribution < 1.29 is 14.3 Å². The van der Waals surface area contributed by atoms with Gasteiger partial charge in [-0.05, 0) is 48.9 Å². The number of hydrogen-bond acceptors (Lipinski definition) is 5. The number of benzene rings is 2. The normalized spacial score (nSPS) is 12.1. The molecule has 3 aromatic rings. The Morgan fingerprint density at radius 3 is 2.70 bits per heavy atom. The predicted molar refractivity (Wildman–Crippen MR) is 86.2 cm³/mol. The molecule has 23 heavy (non-hydrogen) atoms. The highest BCUT2D eigenvalue weighted by atomic mass is 35.5. The highest BCUT2D eigenvalue weighted by molar-refractivity contribution is 6.30. The van der Waals surface area contributed by atoms with Crippen LogP contribution in [0.15, 0.2) is 52.9 Å². The van der Waals surface area contributed by atoms with Crippen LogP contribution in [0.25, 0.3) is 11.5 Å². The molecule has 3 rings (SSSR count). The first-order valence-corrected chi connectivity index (χ1v) is 7.49. The van der Waals surface area contributed by atoms with Crippen molar-refractivity contribution in [3.05, 3.63) is 65.0 Å². The second-order valence-electron chi connectivity index (χ2n) is 5.04. The first-order valence-electron chi connectivity index (χ1n) is 7.11. The van der Waals surface area contributed by atoms with Crippen LogP contribution in [0.5, 0.6) is 5.75 Å². The Morgan fingerprint density at radius 2 is 1.96 bits per heavy atom. The molecule has 6 heteroatoms. The molecular weight excluding hydrogens is 316 g/mol. The summed E-state index contributed by atoms with van der Waals surface area (Å²) in [4.78, 5) is 0. The van der Waals surface area contributed by atoms with Crippen molar-refractivity contribution >= 4 is 11.6 Å². The van der Waals surface area contributed by atoms with E-state index in [0.29, 0.717) is 22.6 Å². The molecule has 0 saturated carbocycles. The monoisotopic (exact) mass is 330 g/mol. The van der Waals surface area contributed by atoms with Crippen molar-refractivity contribution in [1.29, 1.82) is 0 Å². The lowest BCUT2D eigenvalue weighted by atomic mass is 10.1. The van der Waals surface area contributed by atoms with E-state index in [1.807, 2.05) is 30.3 Å². The third-order valence-electron chi connectivity index (χ3n) is 3.26. The Balaban J connectivity index is 1.67. The molecule has 118 valence electrons. The van der Waals surface area contributed by atoms with Crippen molar-refractivity contribution in [2.45, 2.75) is 19.6 Å². The Kier molecular flexibility index (Phi) is 4.60. The van der Waals surface area contributed by atoms with E-state index >= 15 is 0 Å². The molecule has 0 saturated heterocycles. The zero-order chi connectivity index (χ0) is 16.2. The van der Waals surface area contributed by atoms with Crippen molar-refractivity contribution in [3.8, 4) is 17.2 Å². The molecule has 0 aliphatic heterocycles. The smallest absolute Gasteiger partial charge is 0.254 e. The van der Waals surface area contributed by atoms with Gasteiger partial charge in [-0.25, -0.2) is 0 Å². The van der Waals surface area contributed by atoms with Gasteiger partial charge in [0.05, 0.1) is 6.10 Å². The summed E-state index contributed by atoms with van der Waals surface area (Å²) in [6.07, 6.45) is -0.543. The number of rotatable bonds is 5. The van der Waals surface area contributed by atoms with Gasteiger partial charge in [0.1, 0.15) is 5.75 Å². The molecule has 0 bridgehead atoms. The summed E-state index contributed by atoms with van der Waals surface area (Å²) in [6.45, 7) is 1.86. The molecule has 1 aromatic heterocycles. The number of aliphatic hydroxyl groups is 1. The summed E-state index contributed by atoms with van der Waals surface area (Å²) in [6, 6.07) is 14.4. The molecule has 0 aliphatic rings. The molecule has 0 fully saturated rings. The first kappa shape index (κ1) is 15.5. The molecule has 1 N–H and O–H groups in total. The first-order chi connectivity index (χ1) is 11.1. The maximum absolute atomic E-state index is 9.58. The molecule has 2 aromatic carbocycles. The fourth-order valence-corrected chi connectivity index (χ4v) is 2.16. The van der Waals surface area contributed by atoms with Crippen LogP contribution in [-0.4, -0.2) is 15.3 Å². The van der Waals surface area contributed by atoms with Crippen LogP contribution < -0.4 is 4.74 Å². The van der Waals surface area contributed by atoms with Crippen molar-refractivity contribution in [1.82, 2.24) is 10.2 Å². The van der Waals surface area contributed by atoms with Gasteiger partial charge in [0.25, 0.3) is 5.89 Å². The third kappa shape index (κ3) is 3.88. The van der Waals surface area contributed by atoms with Gasteiger partial charge >= 0.3 is 0 Å². The van der Waals surface area contributed by atoms with Gasteiger partial charge in [0, 0.05) is 10.6 Å². The largest absolute Gasteiger partial charge is 0.484 e. The number of hydrogen-bond donors (Lipinski definition) is 1. The summed E-state index contributed by atoms with van der Waals surface area (Å²) >= 11 is 5.85. The number of nitrogens with zero attached hydrogens (tertiary/aromatic N) is 2. The lowest BCUT2D eigenvalue weighted by Crippen LogP contribution is -1.97. The van der Waals surface area contributed by atoms with Gasteiger partial charge in [-0.3, -0.25) is 0 Å². The van der Waals surface area contributed by atoms with Gasteiger partial charge in [-0.2, -0.15) is 0 Å². The summed E-state index contributed by atoms with van der Waals surface area (Å²) in [5.41, 5.74) is 1.58. The Labute approximate surface area is 138 Å². The minimum absolute atomic E-state index is 0.157. The van der Waals surface area contributed by atoms with Crippen LogP contribution in [0, 0.1) is 0 Å². The molecule has 5 nitrogen and oxygen atoms in total. The molecular formula is C17H15ClN2O3. The van der Waals surface area contributed by atoms with Crippen molar-refractivity contribution in [2.24, 2.45) is 0 Å². The van der Waals surface area contributed by atoms with E-state index in [1.165, 1.54) is 0 Å². The molecule has 0 aliphatic carbocycles. The van der Waals surface area contributed by atoms with Crippen molar-refractivity contribution in [3.63, 3.8) is 0 Å².